The van der Waals surface area contributed by atoms with E-state index in [4.69, 9.17) is 19.3 Å². The number of nitrogens with one attached hydrogen (secondary N) is 1. The van der Waals surface area contributed by atoms with Crippen LogP contribution in [0.4, 0.5) is 0 Å². The highest BCUT2D eigenvalue weighted by atomic mass is 16.5. The molecular formula is C24H29N3O4. The average molecular weight is 424 g/mol. The van der Waals surface area contributed by atoms with Gasteiger partial charge in [-0.25, -0.2) is 4.68 Å². The summed E-state index contributed by atoms with van der Waals surface area (Å²) < 4.78 is 17.7. The first kappa shape index (κ1) is 22.2. The summed E-state index contributed by atoms with van der Waals surface area (Å²) in [5.74, 6) is 2.14. The fourth-order valence-electron chi connectivity index (χ4n) is 3.05. The van der Waals surface area contributed by atoms with Gasteiger partial charge < -0.3 is 19.5 Å². The van der Waals surface area contributed by atoms with E-state index in [1.807, 2.05) is 43.3 Å². The molecule has 31 heavy (non-hydrogen) atoms. The van der Waals surface area contributed by atoms with Crippen LogP contribution < -0.4 is 19.5 Å². The molecule has 1 amide bonds. The Labute approximate surface area is 182 Å². The number of hydrogen-bond donors (Lipinski definition) is 1. The molecule has 3 rings (SSSR count). The van der Waals surface area contributed by atoms with E-state index in [9.17, 15) is 4.79 Å². The van der Waals surface area contributed by atoms with Gasteiger partial charge in [-0.15, -0.1) is 0 Å². The van der Waals surface area contributed by atoms with E-state index in [0.717, 1.165) is 17.0 Å². The number of aromatic nitrogens is 2. The number of ether oxygens (including phenoxy) is 3. The second-order valence-corrected chi connectivity index (χ2v) is 7.60. The van der Waals surface area contributed by atoms with E-state index >= 15 is 0 Å². The SMILES string of the molecule is COc1ccc(-n2nc(-c3ccc(OC)cc3OC)cc2C(=O)N[C@H](C)C(C)C)cc1. The third kappa shape index (κ3) is 4.82. The molecule has 1 N–H and O–H groups in total. The summed E-state index contributed by atoms with van der Waals surface area (Å²) in [7, 11) is 4.81. The third-order valence-corrected chi connectivity index (χ3v) is 5.30. The molecule has 1 heterocycles. The van der Waals surface area contributed by atoms with Gasteiger partial charge in [0.1, 0.15) is 22.9 Å². The summed E-state index contributed by atoms with van der Waals surface area (Å²) in [6.07, 6.45) is 0. The summed E-state index contributed by atoms with van der Waals surface area (Å²) in [5.41, 5.74) is 2.58. The smallest absolute Gasteiger partial charge is 0.270 e. The van der Waals surface area contributed by atoms with Crippen LogP contribution >= 0.6 is 0 Å². The maximum Gasteiger partial charge on any atom is 0.270 e. The molecule has 0 aliphatic rings. The van der Waals surface area contributed by atoms with Gasteiger partial charge in [-0.1, -0.05) is 13.8 Å². The van der Waals surface area contributed by atoms with Crippen molar-refractivity contribution in [1.82, 2.24) is 15.1 Å². The van der Waals surface area contributed by atoms with Crippen LogP contribution in [0.25, 0.3) is 16.9 Å². The second-order valence-electron chi connectivity index (χ2n) is 7.60. The quantitative estimate of drug-likeness (QED) is 0.583. The van der Waals surface area contributed by atoms with Gasteiger partial charge in [0.05, 0.1) is 32.7 Å². The van der Waals surface area contributed by atoms with E-state index in [2.05, 4.69) is 19.2 Å². The summed E-state index contributed by atoms with van der Waals surface area (Å²) >= 11 is 0. The molecule has 2 aromatic carbocycles. The molecule has 3 aromatic rings. The molecule has 0 saturated heterocycles. The summed E-state index contributed by atoms with van der Waals surface area (Å²) in [6, 6.07) is 14.7. The zero-order chi connectivity index (χ0) is 22.5. The van der Waals surface area contributed by atoms with E-state index in [1.54, 1.807) is 38.1 Å². The minimum Gasteiger partial charge on any atom is -0.497 e. The molecule has 0 radical (unpaired) electrons. The number of amides is 1. The van der Waals surface area contributed by atoms with Crippen molar-refractivity contribution in [3.8, 4) is 34.2 Å². The van der Waals surface area contributed by atoms with Crippen molar-refractivity contribution in [3.05, 3.63) is 54.2 Å². The van der Waals surface area contributed by atoms with Gasteiger partial charge in [0.25, 0.3) is 5.91 Å². The standard InChI is InChI=1S/C24H29N3O4/c1-15(2)16(3)25-24(28)22-14-21(20-12-11-19(30-5)13-23(20)31-6)26-27(22)17-7-9-18(29-4)10-8-17/h7-16H,1-6H3,(H,25,28)/t16-/m1/s1. The lowest BCUT2D eigenvalue weighted by atomic mass is 10.1. The van der Waals surface area contributed by atoms with Crippen molar-refractivity contribution in [2.45, 2.75) is 26.8 Å². The molecule has 1 atom stereocenters. The van der Waals surface area contributed by atoms with Crippen LogP contribution in [0, 0.1) is 5.92 Å². The van der Waals surface area contributed by atoms with Crippen LogP contribution in [0.3, 0.4) is 0 Å². The molecule has 7 nitrogen and oxygen atoms in total. The van der Waals surface area contributed by atoms with Crippen LogP contribution in [0.15, 0.2) is 48.5 Å². The summed E-state index contributed by atoms with van der Waals surface area (Å²) in [5, 5.41) is 7.80. The van der Waals surface area contributed by atoms with Gasteiger partial charge >= 0.3 is 0 Å². The molecule has 0 aliphatic heterocycles. The molecule has 7 heteroatoms. The minimum absolute atomic E-state index is 0.0192. The van der Waals surface area contributed by atoms with Crippen molar-refractivity contribution < 1.29 is 19.0 Å². The second kappa shape index (κ2) is 9.55. The van der Waals surface area contributed by atoms with E-state index in [1.165, 1.54) is 0 Å². The largest absolute Gasteiger partial charge is 0.497 e. The fraction of sp³-hybridized carbons (Fsp3) is 0.333. The fourth-order valence-corrected chi connectivity index (χ4v) is 3.05. The molecular weight excluding hydrogens is 394 g/mol. The lowest BCUT2D eigenvalue weighted by Crippen LogP contribution is -2.37. The number of hydrogen-bond acceptors (Lipinski definition) is 5. The highest BCUT2D eigenvalue weighted by Gasteiger charge is 2.21. The Morgan fingerprint density at radius 2 is 1.55 bits per heavy atom. The predicted octanol–water partition coefficient (Wildman–Crippen LogP) is 4.34. The minimum atomic E-state index is -0.191. The van der Waals surface area contributed by atoms with Crippen LogP contribution in [-0.4, -0.2) is 43.1 Å². The van der Waals surface area contributed by atoms with Gasteiger partial charge in [-0.2, -0.15) is 5.10 Å². The van der Waals surface area contributed by atoms with Crippen LogP contribution in [0.5, 0.6) is 17.2 Å². The molecule has 0 spiro atoms. The topological polar surface area (TPSA) is 74.6 Å². The summed E-state index contributed by atoms with van der Waals surface area (Å²) in [6.45, 7) is 6.13. The first-order chi connectivity index (χ1) is 14.9. The Hall–Kier alpha value is -3.48. The highest BCUT2D eigenvalue weighted by Crippen LogP contribution is 2.33. The lowest BCUT2D eigenvalue weighted by Gasteiger charge is -2.17. The van der Waals surface area contributed by atoms with E-state index < -0.39 is 0 Å². The monoisotopic (exact) mass is 423 g/mol. The van der Waals surface area contributed by atoms with Crippen molar-refractivity contribution in [2.75, 3.05) is 21.3 Å². The summed E-state index contributed by atoms with van der Waals surface area (Å²) in [4.78, 5) is 13.1. The van der Waals surface area contributed by atoms with E-state index in [-0.39, 0.29) is 11.9 Å². The van der Waals surface area contributed by atoms with Gasteiger partial charge in [-0.05, 0) is 55.3 Å². The number of methoxy groups -OCH3 is 3. The first-order valence-corrected chi connectivity index (χ1v) is 10.2. The number of nitrogens with zero attached hydrogens (tertiary/aromatic N) is 2. The number of benzene rings is 2. The molecule has 164 valence electrons. The number of carbonyl (C=O) groups excluding carboxylic acids is 1. The Balaban J connectivity index is 2.10. The van der Waals surface area contributed by atoms with Gasteiger partial charge in [0, 0.05) is 17.7 Å². The normalized spacial score (nSPS) is 11.8. The molecule has 0 fully saturated rings. The molecule has 0 aliphatic carbocycles. The van der Waals surface area contributed by atoms with Crippen LogP contribution in [0.1, 0.15) is 31.3 Å². The zero-order valence-corrected chi connectivity index (χ0v) is 18.8. The Kier molecular flexibility index (Phi) is 6.84. The van der Waals surface area contributed by atoms with Crippen molar-refractivity contribution in [2.24, 2.45) is 5.92 Å². The maximum absolute atomic E-state index is 13.1. The predicted molar refractivity (Wildman–Crippen MR) is 120 cm³/mol. The Morgan fingerprint density at radius 1 is 0.903 bits per heavy atom. The molecule has 0 unspecified atom stereocenters. The maximum atomic E-state index is 13.1. The average Bonchev–Trinajstić information content (AvgIpc) is 3.23. The van der Waals surface area contributed by atoms with Crippen molar-refractivity contribution in [1.29, 1.82) is 0 Å². The Morgan fingerprint density at radius 3 is 2.13 bits per heavy atom. The van der Waals surface area contributed by atoms with Crippen LogP contribution in [0.2, 0.25) is 0 Å². The number of rotatable bonds is 8. The highest BCUT2D eigenvalue weighted by molar-refractivity contribution is 5.94. The van der Waals surface area contributed by atoms with Crippen molar-refractivity contribution in [3.63, 3.8) is 0 Å². The zero-order valence-electron chi connectivity index (χ0n) is 18.8. The van der Waals surface area contributed by atoms with Crippen molar-refractivity contribution >= 4 is 5.91 Å². The third-order valence-electron chi connectivity index (χ3n) is 5.30. The van der Waals surface area contributed by atoms with Gasteiger partial charge in [0.2, 0.25) is 0 Å². The number of carbonyl (C=O) groups is 1. The Bertz CT molecular complexity index is 1040. The lowest BCUT2D eigenvalue weighted by molar-refractivity contribution is 0.0922. The first-order valence-electron chi connectivity index (χ1n) is 10.2. The molecule has 0 bridgehead atoms. The van der Waals surface area contributed by atoms with E-state index in [0.29, 0.717) is 28.8 Å². The molecule has 0 saturated carbocycles. The molecule has 1 aromatic heterocycles. The van der Waals surface area contributed by atoms with Gasteiger partial charge in [0.15, 0.2) is 0 Å². The van der Waals surface area contributed by atoms with Gasteiger partial charge in [-0.3, -0.25) is 4.79 Å². The van der Waals surface area contributed by atoms with Crippen LogP contribution in [-0.2, 0) is 0 Å².